The number of fused-ring (bicyclic) bond motifs is 1. The fourth-order valence-electron chi connectivity index (χ4n) is 2.59. The molecule has 1 aromatic carbocycles. The largest absolute Gasteiger partial charge is 0.374 e. The zero-order valence-corrected chi connectivity index (χ0v) is 9.61. The molecule has 2 nitrogen and oxygen atoms in total. The number of hydrogen-bond acceptors (Lipinski definition) is 2. The molecule has 82 valence electrons. The lowest BCUT2D eigenvalue weighted by Gasteiger charge is -2.19. The van der Waals surface area contributed by atoms with Crippen molar-refractivity contribution in [3.8, 4) is 0 Å². The van der Waals surface area contributed by atoms with Crippen LogP contribution in [0.15, 0.2) is 24.3 Å². The number of rotatable bonds is 3. The lowest BCUT2D eigenvalue weighted by atomic mass is 9.87. The Hall–Kier alpha value is -1.02. The van der Waals surface area contributed by atoms with Gasteiger partial charge in [-0.3, -0.25) is 0 Å². The van der Waals surface area contributed by atoms with Crippen LogP contribution >= 0.6 is 0 Å². The second-order valence-electron chi connectivity index (χ2n) is 4.60. The average molecular weight is 204 g/mol. The Morgan fingerprint density at radius 2 is 2.20 bits per heavy atom. The average Bonchev–Trinajstić information content (AvgIpc) is 2.58. The highest BCUT2D eigenvalue weighted by Gasteiger charge is 2.29. The summed E-state index contributed by atoms with van der Waals surface area (Å²) >= 11 is 0. The van der Waals surface area contributed by atoms with Crippen LogP contribution in [0.4, 0.5) is 5.69 Å². The molecule has 15 heavy (non-hydrogen) atoms. The summed E-state index contributed by atoms with van der Waals surface area (Å²) in [5.41, 5.74) is 8.53. The van der Waals surface area contributed by atoms with E-state index in [-0.39, 0.29) is 0 Å². The molecule has 2 rings (SSSR count). The van der Waals surface area contributed by atoms with Gasteiger partial charge >= 0.3 is 0 Å². The van der Waals surface area contributed by atoms with Crippen LogP contribution in [0, 0.1) is 5.92 Å². The van der Waals surface area contributed by atoms with Gasteiger partial charge in [0.25, 0.3) is 0 Å². The zero-order valence-electron chi connectivity index (χ0n) is 9.61. The molecule has 1 aromatic rings. The summed E-state index contributed by atoms with van der Waals surface area (Å²) in [6, 6.07) is 8.73. The molecule has 1 aliphatic heterocycles. The SMILES string of the molecule is CC(CCN)C1CN(C)c2ccccc21. The molecule has 0 aromatic heterocycles. The fourth-order valence-corrected chi connectivity index (χ4v) is 2.59. The van der Waals surface area contributed by atoms with Crippen molar-refractivity contribution in [2.45, 2.75) is 19.3 Å². The first kappa shape index (κ1) is 10.5. The molecule has 0 fully saturated rings. The number of hydrogen-bond donors (Lipinski definition) is 1. The van der Waals surface area contributed by atoms with Crippen molar-refractivity contribution >= 4 is 5.69 Å². The topological polar surface area (TPSA) is 29.3 Å². The number of anilines is 1. The second kappa shape index (κ2) is 4.23. The molecule has 0 radical (unpaired) electrons. The first-order valence-electron chi connectivity index (χ1n) is 5.74. The molecule has 0 aliphatic carbocycles. The van der Waals surface area contributed by atoms with Crippen LogP contribution in [0.1, 0.15) is 24.8 Å². The molecule has 0 bridgehead atoms. The summed E-state index contributed by atoms with van der Waals surface area (Å²) < 4.78 is 0. The van der Waals surface area contributed by atoms with Gasteiger partial charge in [-0.25, -0.2) is 0 Å². The van der Waals surface area contributed by atoms with Gasteiger partial charge in [0, 0.05) is 25.2 Å². The summed E-state index contributed by atoms with van der Waals surface area (Å²) in [7, 11) is 2.17. The summed E-state index contributed by atoms with van der Waals surface area (Å²) in [6.07, 6.45) is 1.12. The third-order valence-corrected chi connectivity index (χ3v) is 3.53. The Morgan fingerprint density at radius 1 is 1.47 bits per heavy atom. The van der Waals surface area contributed by atoms with Crippen molar-refractivity contribution in [1.29, 1.82) is 0 Å². The Morgan fingerprint density at radius 3 is 2.93 bits per heavy atom. The Labute approximate surface area is 92.1 Å². The van der Waals surface area contributed by atoms with Crippen LogP contribution < -0.4 is 10.6 Å². The molecule has 0 amide bonds. The van der Waals surface area contributed by atoms with E-state index in [1.54, 1.807) is 0 Å². The van der Waals surface area contributed by atoms with E-state index < -0.39 is 0 Å². The quantitative estimate of drug-likeness (QED) is 0.818. The van der Waals surface area contributed by atoms with Gasteiger partial charge in [-0.05, 0) is 30.5 Å². The lowest BCUT2D eigenvalue weighted by Crippen LogP contribution is -2.20. The maximum absolute atomic E-state index is 5.64. The van der Waals surface area contributed by atoms with E-state index in [2.05, 4.69) is 43.1 Å². The van der Waals surface area contributed by atoms with Crippen LogP contribution in [0.2, 0.25) is 0 Å². The third kappa shape index (κ3) is 1.86. The van der Waals surface area contributed by atoms with Gasteiger partial charge < -0.3 is 10.6 Å². The first-order valence-corrected chi connectivity index (χ1v) is 5.74. The molecule has 1 heterocycles. The molecule has 0 saturated heterocycles. The van der Waals surface area contributed by atoms with E-state index in [1.165, 1.54) is 11.3 Å². The molecule has 2 heteroatoms. The monoisotopic (exact) mass is 204 g/mol. The summed E-state index contributed by atoms with van der Waals surface area (Å²) in [6.45, 7) is 4.25. The van der Waals surface area contributed by atoms with Crippen molar-refractivity contribution in [2.24, 2.45) is 11.7 Å². The summed E-state index contributed by atoms with van der Waals surface area (Å²) in [5, 5.41) is 0. The highest BCUT2D eigenvalue weighted by Crippen LogP contribution is 2.39. The number of nitrogens with two attached hydrogens (primary N) is 1. The minimum atomic E-state index is 0.662. The van der Waals surface area contributed by atoms with Crippen molar-refractivity contribution in [1.82, 2.24) is 0 Å². The van der Waals surface area contributed by atoms with Gasteiger partial charge in [0.2, 0.25) is 0 Å². The Kier molecular flexibility index (Phi) is 2.96. The predicted octanol–water partition coefficient (Wildman–Crippen LogP) is 2.20. The minimum Gasteiger partial charge on any atom is -0.374 e. The molecular formula is C13H20N2. The van der Waals surface area contributed by atoms with Crippen molar-refractivity contribution < 1.29 is 0 Å². The molecule has 1 aliphatic rings. The maximum Gasteiger partial charge on any atom is 0.0399 e. The van der Waals surface area contributed by atoms with Crippen LogP contribution in [0.3, 0.4) is 0 Å². The van der Waals surface area contributed by atoms with Gasteiger partial charge in [-0.15, -0.1) is 0 Å². The van der Waals surface area contributed by atoms with Crippen LogP contribution in [0.25, 0.3) is 0 Å². The van der Waals surface area contributed by atoms with Gasteiger partial charge in [0.05, 0.1) is 0 Å². The van der Waals surface area contributed by atoms with Crippen molar-refractivity contribution in [2.75, 3.05) is 25.0 Å². The molecule has 0 saturated carbocycles. The number of likely N-dealkylation sites (N-methyl/N-ethyl adjacent to an activating group) is 1. The molecule has 2 unspecified atom stereocenters. The second-order valence-corrected chi connectivity index (χ2v) is 4.60. The minimum absolute atomic E-state index is 0.662. The number of nitrogens with zero attached hydrogens (tertiary/aromatic N) is 1. The zero-order chi connectivity index (χ0) is 10.8. The highest BCUT2D eigenvalue weighted by atomic mass is 15.1. The van der Waals surface area contributed by atoms with Crippen LogP contribution in [0.5, 0.6) is 0 Å². The van der Waals surface area contributed by atoms with Crippen LogP contribution in [-0.2, 0) is 0 Å². The maximum atomic E-state index is 5.64. The van der Waals surface area contributed by atoms with E-state index >= 15 is 0 Å². The fraction of sp³-hybridized carbons (Fsp3) is 0.538. The van der Waals surface area contributed by atoms with Crippen molar-refractivity contribution in [3.63, 3.8) is 0 Å². The van der Waals surface area contributed by atoms with E-state index in [9.17, 15) is 0 Å². The standard InChI is InChI=1S/C13H20N2/c1-10(7-8-14)12-9-15(2)13-6-4-3-5-11(12)13/h3-6,10,12H,7-9,14H2,1-2H3. The van der Waals surface area contributed by atoms with Gasteiger partial charge in [0.15, 0.2) is 0 Å². The van der Waals surface area contributed by atoms with Gasteiger partial charge in [0.1, 0.15) is 0 Å². The van der Waals surface area contributed by atoms with Gasteiger partial charge in [-0.2, -0.15) is 0 Å². The molecule has 0 spiro atoms. The van der Waals surface area contributed by atoms with Crippen LogP contribution in [-0.4, -0.2) is 20.1 Å². The van der Waals surface area contributed by atoms with Crippen molar-refractivity contribution in [3.05, 3.63) is 29.8 Å². The Balaban J connectivity index is 2.24. The van der Waals surface area contributed by atoms with E-state index in [0.717, 1.165) is 19.5 Å². The first-order chi connectivity index (χ1) is 7.24. The van der Waals surface area contributed by atoms with E-state index in [0.29, 0.717) is 11.8 Å². The van der Waals surface area contributed by atoms with E-state index in [4.69, 9.17) is 5.73 Å². The Bertz CT molecular complexity index is 335. The highest BCUT2D eigenvalue weighted by molar-refractivity contribution is 5.59. The number of para-hydroxylation sites is 1. The van der Waals surface area contributed by atoms with Gasteiger partial charge in [-0.1, -0.05) is 25.1 Å². The van der Waals surface area contributed by atoms with E-state index in [1.807, 2.05) is 0 Å². The molecule has 2 atom stereocenters. The molecule has 2 N–H and O–H groups in total. The summed E-state index contributed by atoms with van der Waals surface area (Å²) in [4.78, 5) is 2.35. The lowest BCUT2D eigenvalue weighted by molar-refractivity contribution is 0.451. The third-order valence-electron chi connectivity index (χ3n) is 3.53. The summed E-state index contributed by atoms with van der Waals surface area (Å²) in [5.74, 6) is 1.34. The molecular weight excluding hydrogens is 184 g/mol. The predicted molar refractivity (Wildman–Crippen MR) is 65.3 cm³/mol. The number of benzene rings is 1. The smallest absolute Gasteiger partial charge is 0.0399 e. The normalized spacial score (nSPS) is 21.5.